The number of anilines is 3. The van der Waals surface area contributed by atoms with Gasteiger partial charge in [-0.25, -0.2) is 9.48 Å². The molecule has 1 aliphatic heterocycles. The van der Waals surface area contributed by atoms with Crippen LogP contribution in [0.3, 0.4) is 0 Å². The number of nitrogens with one attached hydrogen (secondary N) is 3. The minimum Gasteiger partial charge on any atom is -0.382 e. The van der Waals surface area contributed by atoms with Crippen LogP contribution in [0.2, 0.25) is 0 Å². The average molecular weight is 551 g/mol. The molecular weight excluding hydrogens is 512 g/mol. The molecule has 0 spiro atoms. The summed E-state index contributed by atoms with van der Waals surface area (Å²) >= 11 is 0. The smallest absolute Gasteiger partial charge is 0.324 e. The molecule has 1 aromatic heterocycles. The van der Waals surface area contributed by atoms with E-state index in [4.69, 9.17) is 5.10 Å². The molecule has 212 valence electrons. The van der Waals surface area contributed by atoms with Gasteiger partial charge in [0, 0.05) is 47.6 Å². The third-order valence-electron chi connectivity index (χ3n) is 7.31. The lowest BCUT2D eigenvalue weighted by Gasteiger charge is -2.33. The molecule has 8 nitrogen and oxygen atoms in total. The maximum atomic E-state index is 13.0. The number of likely N-dealkylation sites (tertiary alicyclic amines) is 1. The van der Waals surface area contributed by atoms with E-state index in [0.717, 1.165) is 54.1 Å². The third-order valence-corrected chi connectivity index (χ3v) is 7.31. The first-order chi connectivity index (χ1) is 19.7. The first kappa shape index (κ1) is 28.0. The minimum atomic E-state index is -0.338. The standard InChI is InChI=1S/C33H38N6O2/c1-23-10-16-28(17-11-23)39-30(22-29(37-39)33(2,3)4)36-32(41)35-26-14-12-25(13-15-26)34-27-18-20-38(21-19-27)31(40)24-8-6-5-7-9-24/h5-17,22,27,34H,18-21H2,1-4H3,(H2,35,36,41). The lowest BCUT2D eigenvalue weighted by molar-refractivity contribution is 0.0718. The fraction of sp³-hybridized carbons (Fsp3) is 0.303. The van der Waals surface area contributed by atoms with Gasteiger partial charge < -0.3 is 15.5 Å². The molecule has 0 unspecified atom stereocenters. The van der Waals surface area contributed by atoms with Gasteiger partial charge in [-0.1, -0.05) is 56.7 Å². The second-order valence-corrected chi connectivity index (χ2v) is 11.6. The molecule has 0 bridgehead atoms. The van der Waals surface area contributed by atoms with Crippen molar-refractivity contribution >= 4 is 29.1 Å². The number of nitrogens with zero attached hydrogens (tertiary/aromatic N) is 3. The molecule has 3 N–H and O–H groups in total. The molecule has 2 heterocycles. The SMILES string of the molecule is Cc1ccc(-n2nc(C(C)(C)C)cc2NC(=O)Nc2ccc(NC3CCN(C(=O)c4ccccc4)CC3)cc2)cc1. The topological polar surface area (TPSA) is 91.3 Å². The van der Waals surface area contributed by atoms with Crippen molar-refractivity contribution in [3.05, 3.63) is 102 Å². The number of benzene rings is 3. The van der Waals surface area contributed by atoms with E-state index >= 15 is 0 Å². The van der Waals surface area contributed by atoms with E-state index in [0.29, 0.717) is 11.5 Å². The summed E-state index contributed by atoms with van der Waals surface area (Å²) in [6.45, 7) is 9.78. The largest absolute Gasteiger partial charge is 0.382 e. The summed E-state index contributed by atoms with van der Waals surface area (Å²) < 4.78 is 1.77. The van der Waals surface area contributed by atoms with Gasteiger partial charge in [0.2, 0.25) is 0 Å². The molecule has 1 fully saturated rings. The summed E-state index contributed by atoms with van der Waals surface area (Å²) in [4.78, 5) is 27.6. The number of rotatable bonds is 6. The Morgan fingerprint density at radius 3 is 2.10 bits per heavy atom. The highest BCUT2D eigenvalue weighted by Crippen LogP contribution is 2.27. The lowest BCUT2D eigenvalue weighted by Crippen LogP contribution is -2.42. The predicted molar refractivity (Wildman–Crippen MR) is 165 cm³/mol. The number of carbonyl (C=O) groups is 2. The van der Waals surface area contributed by atoms with Crippen LogP contribution in [0.1, 0.15) is 55.2 Å². The summed E-state index contributed by atoms with van der Waals surface area (Å²) in [6.07, 6.45) is 1.76. The fourth-order valence-corrected chi connectivity index (χ4v) is 4.87. The molecule has 3 amide bonds. The molecule has 1 saturated heterocycles. The Labute approximate surface area is 241 Å². The van der Waals surface area contributed by atoms with E-state index < -0.39 is 0 Å². The molecule has 41 heavy (non-hydrogen) atoms. The molecule has 8 heteroatoms. The normalized spacial score (nSPS) is 14.0. The van der Waals surface area contributed by atoms with Crippen LogP contribution in [-0.4, -0.2) is 45.8 Å². The van der Waals surface area contributed by atoms with Gasteiger partial charge in [-0.05, 0) is 68.3 Å². The van der Waals surface area contributed by atoms with Crippen LogP contribution < -0.4 is 16.0 Å². The summed E-state index contributed by atoms with van der Waals surface area (Å²) in [7, 11) is 0. The van der Waals surface area contributed by atoms with Crippen LogP contribution in [0, 0.1) is 6.92 Å². The van der Waals surface area contributed by atoms with Crippen molar-refractivity contribution in [3.8, 4) is 5.69 Å². The highest BCUT2D eigenvalue weighted by molar-refractivity contribution is 5.99. The summed E-state index contributed by atoms with van der Waals surface area (Å²) in [5.41, 5.74) is 5.17. The van der Waals surface area contributed by atoms with Crippen LogP contribution in [0.25, 0.3) is 5.69 Å². The number of hydrogen-bond donors (Lipinski definition) is 3. The van der Waals surface area contributed by atoms with Crippen molar-refractivity contribution < 1.29 is 9.59 Å². The number of aromatic nitrogens is 2. The summed E-state index contributed by atoms with van der Waals surface area (Å²) in [6, 6.07) is 27.1. The molecule has 5 rings (SSSR count). The van der Waals surface area contributed by atoms with E-state index in [-0.39, 0.29) is 23.4 Å². The van der Waals surface area contributed by atoms with Crippen LogP contribution >= 0.6 is 0 Å². The minimum absolute atomic E-state index is 0.0919. The Kier molecular flexibility index (Phi) is 8.10. The Hall–Kier alpha value is -4.59. The Morgan fingerprint density at radius 1 is 0.829 bits per heavy atom. The fourth-order valence-electron chi connectivity index (χ4n) is 4.87. The number of hydrogen-bond acceptors (Lipinski definition) is 4. The zero-order valence-electron chi connectivity index (χ0n) is 24.1. The van der Waals surface area contributed by atoms with E-state index in [1.807, 2.05) is 96.8 Å². The second-order valence-electron chi connectivity index (χ2n) is 11.6. The Bertz CT molecular complexity index is 1480. The number of amides is 3. The second kappa shape index (κ2) is 11.9. The molecular formula is C33H38N6O2. The van der Waals surface area contributed by atoms with Crippen molar-refractivity contribution in [2.45, 2.75) is 52.0 Å². The summed E-state index contributed by atoms with van der Waals surface area (Å²) in [5.74, 6) is 0.695. The van der Waals surface area contributed by atoms with Crippen LogP contribution in [0.15, 0.2) is 84.9 Å². The van der Waals surface area contributed by atoms with Crippen LogP contribution in [-0.2, 0) is 5.41 Å². The third kappa shape index (κ3) is 6.95. The van der Waals surface area contributed by atoms with Crippen molar-refractivity contribution in [1.29, 1.82) is 0 Å². The molecule has 0 saturated carbocycles. The maximum absolute atomic E-state index is 13.0. The number of piperidine rings is 1. The van der Waals surface area contributed by atoms with Gasteiger partial charge in [0.05, 0.1) is 11.4 Å². The molecule has 1 aliphatic rings. The zero-order chi connectivity index (χ0) is 29.0. The molecule has 4 aromatic rings. The quantitative estimate of drug-likeness (QED) is 0.245. The Morgan fingerprint density at radius 2 is 1.46 bits per heavy atom. The monoisotopic (exact) mass is 550 g/mol. The lowest BCUT2D eigenvalue weighted by atomic mass is 9.92. The first-order valence-corrected chi connectivity index (χ1v) is 14.1. The van der Waals surface area contributed by atoms with Gasteiger partial charge in [0.1, 0.15) is 5.82 Å². The molecule has 0 radical (unpaired) electrons. The molecule has 3 aromatic carbocycles. The highest BCUT2D eigenvalue weighted by Gasteiger charge is 2.24. The van der Waals surface area contributed by atoms with Gasteiger partial charge in [-0.15, -0.1) is 0 Å². The van der Waals surface area contributed by atoms with Gasteiger partial charge in [0.25, 0.3) is 5.91 Å². The van der Waals surface area contributed by atoms with Gasteiger partial charge >= 0.3 is 6.03 Å². The predicted octanol–water partition coefficient (Wildman–Crippen LogP) is 6.84. The summed E-state index contributed by atoms with van der Waals surface area (Å²) in [5, 5.41) is 14.3. The van der Waals surface area contributed by atoms with E-state index in [2.05, 4.69) is 36.7 Å². The Balaban J connectivity index is 1.17. The van der Waals surface area contributed by atoms with Gasteiger partial charge in [-0.2, -0.15) is 5.10 Å². The van der Waals surface area contributed by atoms with E-state index in [9.17, 15) is 9.59 Å². The molecule has 0 atom stereocenters. The number of aryl methyl sites for hydroxylation is 1. The van der Waals surface area contributed by atoms with Crippen molar-refractivity contribution in [3.63, 3.8) is 0 Å². The van der Waals surface area contributed by atoms with E-state index in [1.54, 1.807) is 4.68 Å². The first-order valence-electron chi connectivity index (χ1n) is 14.1. The van der Waals surface area contributed by atoms with Crippen molar-refractivity contribution in [2.75, 3.05) is 29.0 Å². The molecule has 0 aliphatic carbocycles. The zero-order valence-corrected chi connectivity index (χ0v) is 24.1. The van der Waals surface area contributed by atoms with Crippen LogP contribution in [0.5, 0.6) is 0 Å². The van der Waals surface area contributed by atoms with Crippen LogP contribution in [0.4, 0.5) is 22.0 Å². The average Bonchev–Trinajstić information content (AvgIpc) is 3.39. The van der Waals surface area contributed by atoms with Gasteiger partial charge in [-0.3, -0.25) is 10.1 Å². The highest BCUT2D eigenvalue weighted by atomic mass is 16.2. The number of carbonyl (C=O) groups excluding carboxylic acids is 2. The van der Waals surface area contributed by atoms with Crippen molar-refractivity contribution in [2.24, 2.45) is 0 Å². The van der Waals surface area contributed by atoms with Crippen molar-refractivity contribution in [1.82, 2.24) is 14.7 Å². The maximum Gasteiger partial charge on any atom is 0.324 e. The number of urea groups is 1. The van der Waals surface area contributed by atoms with E-state index in [1.165, 1.54) is 0 Å². The van der Waals surface area contributed by atoms with Gasteiger partial charge in [0.15, 0.2) is 0 Å².